The van der Waals surface area contributed by atoms with E-state index in [4.69, 9.17) is 4.74 Å². The van der Waals surface area contributed by atoms with Gasteiger partial charge in [0.25, 0.3) is 5.91 Å². The van der Waals surface area contributed by atoms with Crippen molar-refractivity contribution in [3.8, 4) is 5.75 Å². The third-order valence-corrected chi connectivity index (χ3v) is 9.90. The Labute approximate surface area is 197 Å². The number of carbonyl (C=O) groups excluding carboxylic acids is 3. The average molecular weight is 464 g/mol. The highest BCUT2D eigenvalue weighted by molar-refractivity contribution is 6.13. The zero-order valence-electron chi connectivity index (χ0n) is 19.8. The normalized spacial score (nSPS) is 41.6. The van der Waals surface area contributed by atoms with Crippen LogP contribution in [-0.2, 0) is 19.8 Å². The summed E-state index contributed by atoms with van der Waals surface area (Å²) in [6.07, 6.45) is 4.33. The number of ether oxygens (including phenoxy) is 1. The Bertz CT molecular complexity index is 1270. The van der Waals surface area contributed by atoms with Crippen LogP contribution < -0.4 is 15.4 Å². The first-order valence-corrected chi connectivity index (χ1v) is 12.1. The molecule has 5 fully saturated rings. The summed E-state index contributed by atoms with van der Waals surface area (Å²) in [5.41, 5.74) is -3.02. The molecule has 3 N–H and O–H groups in total. The van der Waals surface area contributed by atoms with Crippen molar-refractivity contribution in [3.05, 3.63) is 29.3 Å². The molecule has 1 unspecified atom stereocenters. The van der Waals surface area contributed by atoms with E-state index in [9.17, 15) is 19.5 Å². The van der Waals surface area contributed by atoms with Crippen molar-refractivity contribution >= 4 is 29.5 Å². The van der Waals surface area contributed by atoms with Gasteiger partial charge in [-0.25, -0.2) is 0 Å². The number of aliphatic hydroxyl groups is 1. The van der Waals surface area contributed by atoms with E-state index in [0.29, 0.717) is 36.4 Å². The lowest BCUT2D eigenvalue weighted by molar-refractivity contribution is -0.180. The van der Waals surface area contributed by atoms with Crippen LogP contribution >= 0.6 is 0 Å². The van der Waals surface area contributed by atoms with Crippen molar-refractivity contribution in [2.24, 2.45) is 11.3 Å². The summed E-state index contributed by atoms with van der Waals surface area (Å²) in [6, 6.07) is 3.69. The van der Waals surface area contributed by atoms with Gasteiger partial charge >= 0.3 is 0 Å². The molecule has 4 saturated heterocycles. The maximum atomic E-state index is 14.0. The summed E-state index contributed by atoms with van der Waals surface area (Å²) in [5, 5.41) is 18.2. The molecule has 2 bridgehead atoms. The minimum Gasteiger partial charge on any atom is -0.483 e. The van der Waals surface area contributed by atoms with E-state index >= 15 is 0 Å². The first kappa shape index (κ1) is 20.5. The number of piperidine rings is 2. The molecule has 8 heteroatoms. The summed E-state index contributed by atoms with van der Waals surface area (Å²) in [4.78, 5) is 43.0. The molecule has 1 aliphatic carbocycles. The topological polar surface area (TPSA) is 108 Å². The molecule has 34 heavy (non-hydrogen) atoms. The Morgan fingerprint density at radius 3 is 2.65 bits per heavy atom. The molecule has 1 saturated carbocycles. The fourth-order valence-corrected chi connectivity index (χ4v) is 8.37. The number of hydrogen-bond donors (Lipinski definition) is 3. The van der Waals surface area contributed by atoms with Crippen molar-refractivity contribution in [2.75, 3.05) is 11.9 Å². The average Bonchev–Trinajstić information content (AvgIpc) is 3.37. The number of anilines is 1. The number of hydrogen-bond acceptors (Lipinski definition) is 5. The molecule has 6 aliphatic heterocycles. The van der Waals surface area contributed by atoms with Gasteiger partial charge in [-0.15, -0.1) is 0 Å². The molecule has 3 spiro atoms. The zero-order valence-corrected chi connectivity index (χ0v) is 19.8. The zero-order chi connectivity index (χ0) is 24.1. The molecule has 8 nitrogen and oxygen atoms in total. The van der Waals surface area contributed by atoms with Gasteiger partial charge in [0, 0.05) is 18.0 Å². The third kappa shape index (κ3) is 1.80. The quantitative estimate of drug-likeness (QED) is 0.543. The molecule has 3 amide bonds. The predicted molar refractivity (Wildman–Crippen MR) is 123 cm³/mol. The second-order valence-corrected chi connectivity index (χ2v) is 12.0. The highest BCUT2D eigenvalue weighted by Gasteiger charge is 2.85. The largest absolute Gasteiger partial charge is 0.483 e. The number of amides is 3. The minimum absolute atomic E-state index is 0.199. The molecule has 0 aromatic heterocycles. The molecular weight excluding hydrogens is 434 g/mol. The molecule has 6 heterocycles. The number of benzene rings is 1. The van der Waals surface area contributed by atoms with E-state index in [1.54, 1.807) is 4.90 Å². The number of fused-ring (bicyclic) bond motifs is 5. The van der Waals surface area contributed by atoms with Gasteiger partial charge in [-0.2, -0.15) is 0 Å². The first-order valence-electron chi connectivity index (χ1n) is 12.1. The number of carbonyl (C=O) groups is 3. The summed E-state index contributed by atoms with van der Waals surface area (Å²) in [6.45, 7) is 8.37. The molecule has 1 aromatic rings. The molecule has 178 valence electrons. The Morgan fingerprint density at radius 2 is 1.88 bits per heavy atom. The number of aliphatic hydroxyl groups excluding tert-OH is 1. The highest BCUT2D eigenvalue weighted by atomic mass is 16.5. The van der Waals surface area contributed by atoms with Crippen LogP contribution in [0.1, 0.15) is 58.1 Å². The van der Waals surface area contributed by atoms with E-state index in [-0.39, 0.29) is 23.6 Å². The summed E-state index contributed by atoms with van der Waals surface area (Å²) in [5.74, 6) is -0.501. The summed E-state index contributed by atoms with van der Waals surface area (Å²) >= 11 is 0. The van der Waals surface area contributed by atoms with Gasteiger partial charge < -0.3 is 25.4 Å². The maximum absolute atomic E-state index is 14.0. The second-order valence-electron chi connectivity index (χ2n) is 12.0. The molecule has 7 aliphatic rings. The van der Waals surface area contributed by atoms with Gasteiger partial charge in [0.1, 0.15) is 33.9 Å². The standard InChI is InChI=1S/C26H29N3O5/c1-22(2)10-8-13-15(34-22)7-6-14-17(13)27-20(32)25(14)18(30)26-16(23(25,3)4)12-24(19(31)28-26)9-5-11-29(24)21(26)33/h6-8,10,16,18,30H,5,9,11-12H2,1-4H3,(H,27,32)(H,28,31)/t16-,18-,24?,25+,26+/m0/s1. The maximum Gasteiger partial charge on any atom is 0.252 e. The highest BCUT2D eigenvalue weighted by Crippen LogP contribution is 2.70. The number of rotatable bonds is 0. The predicted octanol–water partition coefficient (Wildman–Crippen LogP) is 1.71. The van der Waals surface area contributed by atoms with Gasteiger partial charge in [0.05, 0.1) is 5.69 Å². The van der Waals surface area contributed by atoms with Gasteiger partial charge in [0.15, 0.2) is 0 Å². The Balaban J connectivity index is 1.47. The van der Waals surface area contributed by atoms with E-state index in [1.165, 1.54) is 0 Å². The van der Waals surface area contributed by atoms with Gasteiger partial charge in [-0.3, -0.25) is 14.4 Å². The van der Waals surface area contributed by atoms with Crippen LogP contribution in [0.2, 0.25) is 0 Å². The van der Waals surface area contributed by atoms with Crippen LogP contribution in [0.5, 0.6) is 5.75 Å². The lowest BCUT2D eigenvalue weighted by Crippen LogP contribution is -2.83. The Morgan fingerprint density at radius 1 is 1.12 bits per heavy atom. The number of nitrogens with zero attached hydrogens (tertiary/aromatic N) is 1. The SMILES string of the molecule is CC1(C)C=Cc2c(ccc3c2NC(=O)[C@]32[C@H](O)[C@@]34NC(=O)C5(CCCN5C3=O)C[C@H]4C2(C)C)O1. The Hall–Kier alpha value is -2.87. The van der Waals surface area contributed by atoms with Gasteiger partial charge in [-0.05, 0) is 62.3 Å². The third-order valence-electron chi connectivity index (χ3n) is 9.90. The van der Waals surface area contributed by atoms with Crippen LogP contribution in [0.3, 0.4) is 0 Å². The second kappa shape index (κ2) is 5.51. The first-order chi connectivity index (χ1) is 15.9. The molecule has 1 aromatic carbocycles. The minimum atomic E-state index is -1.52. The van der Waals surface area contributed by atoms with Crippen LogP contribution in [0.4, 0.5) is 5.69 Å². The van der Waals surface area contributed by atoms with Crippen molar-refractivity contribution < 1.29 is 24.2 Å². The molecule has 8 rings (SSSR count). The van der Waals surface area contributed by atoms with Gasteiger partial charge in [0.2, 0.25) is 11.8 Å². The van der Waals surface area contributed by atoms with Crippen LogP contribution in [0.15, 0.2) is 18.2 Å². The van der Waals surface area contributed by atoms with Crippen LogP contribution in [-0.4, -0.2) is 57.1 Å². The van der Waals surface area contributed by atoms with Crippen LogP contribution in [0.25, 0.3) is 6.08 Å². The van der Waals surface area contributed by atoms with Crippen molar-refractivity contribution in [3.63, 3.8) is 0 Å². The lowest BCUT2D eigenvalue weighted by Gasteiger charge is -2.59. The number of nitrogens with one attached hydrogen (secondary N) is 2. The van der Waals surface area contributed by atoms with Crippen molar-refractivity contribution in [1.29, 1.82) is 0 Å². The van der Waals surface area contributed by atoms with E-state index in [1.807, 2.05) is 52.0 Å². The number of piperazine rings is 1. The Kier molecular flexibility index (Phi) is 3.32. The molecule has 5 atom stereocenters. The smallest absolute Gasteiger partial charge is 0.252 e. The monoisotopic (exact) mass is 463 g/mol. The van der Waals surface area contributed by atoms with E-state index < -0.39 is 33.6 Å². The summed E-state index contributed by atoms with van der Waals surface area (Å²) < 4.78 is 6.11. The summed E-state index contributed by atoms with van der Waals surface area (Å²) in [7, 11) is 0. The molecule has 0 radical (unpaired) electrons. The van der Waals surface area contributed by atoms with Crippen LogP contribution in [0, 0.1) is 11.3 Å². The van der Waals surface area contributed by atoms with Crippen molar-refractivity contribution in [1.82, 2.24) is 10.2 Å². The fourth-order valence-electron chi connectivity index (χ4n) is 8.37. The van der Waals surface area contributed by atoms with Crippen molar-refractivity contribution in [2.45, 2.75) is 75.2 Å². The molecular formula is C26H29N3O5. The fraction of sp³-hybridized carbons (Fsp3) is 0.577. The van der Waals surface area contributed by atoms with E-state index in [2.05, 4.69) is 10.6 Å². The van der Waals surface area contributed by atoms with Gasteiger partial charge in [-0.1, -0.05) is 19.9 Å². The lowest BCUT2D eigenvalue weighted by atomic mass is 9.57. The van der Waals surface area contributed by atoms with E-state index in [0.717, 1.165) is 12.0 Å².